The van der Waals surface area contributed by atoms with E-state index in [1.54, 1.807) is 7.11 Å². The van der Waals surface area contributed by atoms with E-state index in [2.05, 4.69) is 5.32 Å². The zero-order valence-corrected chi connectivity index (χ0v) is 10.7. The summed E-state index contributed by atoms with van der Waals surface area (Å²) in [5.41, 5.74) is 6.87. The van der Waals surface area contributed by atoms with Gasteiger partial charge in [0, 0.05) is 22.7 Å². The van der Waals surface area contributed by atoms with Crippen molar-refractivity contribution in [3.8, 4) is 5.75 Å². The highest BCUT2D eigenvalue weighted by atomic mass is 35.5. The SMILES string of the molecule is CNC(CC(C)N)c1cc(Cl)ccc1OC. The third kappa shape index (κ3) is 3.37. The molecule has 0 saturated heterocycles. The molecule has 0 bridgehead atoms. The van der Waals surface area contributed by atoms with Gasteiger partial charge in [-0.25, -0.2) is 0 Å². The van der Waals surface area contributed by atoms with Crippen LogP contribution in [0.15, 0.2) is 18.2 Å². The minimum Gasteiger partial charge on any atom is -0.496 e. The Hall–Kier alpha value is -0.770. The van der Waals surface area contributed by atoms with Crippen molar-refractivity contribution < 1.29 is 4.74 Å². The largest absolute Gasteiger partial charge is 0.496 e. The summed E-state index contributed by atoms with van der Waals surface area (Å²) in [4.78, 5) is 0. The molecule has 1 rings (SSSR count). The molecule has 16 heavy (non-hydrogen) atoms. The van der Waals surface area contributed by atoms with Crippen LogP contribution < -0.4 is 15.8 Å². The molecule has 1 aromatic carbocycles. The molecule has 4 heteroatoms. The lowest BCUT2D eigenvalue weighted by molar-refractivity contribution is 0.395. The van der Waals surface area contributed by atoms with Crippen LogP contribution in [-0.4, -0.2) is 20.2 Å². The van der Waals surface area contributed by atoms with E-state index in [0.717, 1.165) is 17.7 Å². The fourth-order valence-corrected chi connectivity index (χ4v) is 1.93. The Morgan fingerprint density at radius 1 is 1.50 bits per heavy atom. The van der Waals surface area contributed by atoms with Crippen LogP contribution in [-0.2, 0) is 0 Å². The fourth-order valence-electron chi connectivity index (χ4n) is 1.75. The first-order valence-corrected chi connectivity index (χ1v) is 5.72. The number of halogens is 1. The molecule has 1 aromatic rings. The van der Waals surface area contributed by atoms with Crippen molar-refractivity contribution in [3.05, 3.63) is 28.8 Å². The summed E-state index contributed by atoms with van der Waals surface area (Å²) < 4.78 is 5.33. The van der Waals surface area contributed by atoms with E-state index in [9.17, 15) is 0 Å². The Labute approximate surface area is 102 Å². The van der Waals surface area contributed by atoms with E-state index in [1.165, 1.54) is 0 Å². The number of nitrogens with one attached hydrogen (secondary N) is 1. The molecule has 0 aromatic heterocycles. The lowest BCUT2D eigenvalue weighted by Gasteiger charge is -2.21. The highest BCUT2D eigenvalue weighted by Crippen LogP contribution is 2.30. The Bertz CT molecular complexity index is 342. The Balaban J connectivity index is 3.02. The lowest BCUT2D eigenvalue weighted by atomic mass is 9.99. The van der Waals surface area contributed by atoms with E-state index in [-0.39, 0.29) is 12.1 Å². The number of hydrogen-bond donors (Lipinski definition) is 2. The zero-order valence-electron chi connectivity index (χ0n) is 9.96. The third-order valence-electron chi connectivity index (χ3n) is 2.52. The average Bonchev–Trinajstić information content (AvgIpc) is 2.25. The summed E-state index contributed by atoms with van der Waals surface area (Å²) in [5.74, 6) is 0.837. The van der Waals surface area contributed by atoms with Crippen molar-refractivity contribution in [2.45, 2.75) is 25.4 Å². The van der Waals surface area contributed by atoms with E-state index >= 15 is 0 Å². The van der Waals surface area contributed by atoms with Gasteiger partial charge in [0.05, 0.1) is 7.11 Å². The smallest absolute Gasteiger partial charge is 0.123 e. The number of ether oxygens (including phenoxy) is 1. The molecular weight excluding hydrogens is 224 g/mol. The van der Waals surface area contributed by atoms with Crippen LogP contribution in [0.25, 0.3) is 0 Å². The predicted molar refractivity (Wildman–Crippen MR) is 68.1 cm³/mol. The molecule has 2 unspecified atom stereocenters. The summed E-state index contributed by atoms with van der Waals surface area (Å²) in [6.07, 6.45) is 0.840. The second kappa shape index (κ2) is 6.09. The highest BCUT2D eigenvalue weighted by molar-refractivity contribution is 6.30. The van der Waals surface area contributed by atoms with Gasteiger partial charge in [-0.15, -0.1) is 0 Å². The molecule has 0 aliphatic rings. The van der Waals surface area contributed by atoms with Crippen molar-refractivity contribution >= 4 is 11.6 Å². The topological polar surface area (TPSA) is 47.3 Å². The molecule has 3 N–H and O–H groups in total. The van der Waals surface area contributed by atoms with Gasteiger partial charge >= 0.3 is 0 Å². The van der Waals surface area contributed by atoms with Gasteiger partial charge in [0.15, 0.2) is 0 Å². The summed E-state index contributed by atoms with van der Waals surface area (Å²) in [6.45, 7) is 1.99. The van der Waals surface area contributed by atoms with Crippen LogP contribution >= 0.6 is 11.6 Å². The monoisotopic (exact) mass is 242 g/mol. The van der Waals surface area contributed by atoms with Crippen molar-refractivity contribution in [1.29, 1.82) is 0 Å². The number of methoxy groups -OCH3 is 1. The summed E-state index contributed by atoms with van der Waals surface area (Å²) >= 11 is 6.00. The first kappa shape index (κ1) is 13.3. The van der Waals surface area contributed by atoms with Gasteiger partial charge in [-0.1, -0.05) is 11.6 Å². The van der Waals surface area contributed by atoms with Gasteiger partial charge in [0.25, 0.3) is 0 Å². The molecule has 0 aliphatic heterocycles. The molecule has 0 aliphatic carbocycles. The van der Waals surface area contributed by atoms with Gasteiger partial charge in [-0.2, -0.15) is 0 Å². The Morgan fingerprint density at radius 2 is 2.19 bits per heavy atom. The summed E-state index contributed by atoms with van der Waals surface area (Å²) in [6, 6.07) is 5.91. The standard InChI is InChI=1S/C12H19ClN2O/c1-8(14)6-11(15-2)10-7-9(13)4-5-12(10)16-3/h4-5,7-8,11,15H,6,14H2,1-3H3. The number of nitrogens with two attached hydrogens (primary N) is 1. The van der Waals surface area contributed by atoms with Crippen molar-refractivity contribution in [2.75, 3.05) is 14.2 Å². The van der Waals surface area contributed by atoms with Crippen molar-refractivity contribution in [2.24, 2.45) is 5.73 Å². The van der Waals surface area contributed by atoms with Crippen LogP contribution in [0.2, 0.25) is 5.02 Å². The van der Waals surface area contributed by atoms with E-state index in [1.807, 2.05) is 32.2 Å². The van der Waals surface area contributed by atoms with Crippen LogP contribution in [0.1, 0.15) is 24.9 Å². The molecule has 0 amide bonds. The third-order valence-corrected chi connectivity index (χ3v) is 2.76. The molecule has 3 nitrogen and oxygen atoms in total. The Morgan fingerprint density at radius 3 is 2.69 bits per heavy atom. The molecule has 2 atom stereocenters. The van der Waals surface area contributed by atoms with E-state index in [4.69, 9.17) is 22.1 Å². The predicted octanol–water partition coefficient (Wildman–Crippen LogP) is 2.35. The maximum absolute atomic E-state index is 6.00. The molecule has 90 valence electrons. The van der Waals surface area contributed by atoms with Crippen LogP contribution in [0, 0.1) is 0 Å². The Kier molecular flexibility index (Phi) is 5.06. The van der Waals surface area contributed by atoms with Gasteiger partial charge < -0.3 is 15.8 Å². The van der Waals surface area contributed by atoms with Crippen molar-refractivity contribution in [1.82, 2.24) is 5.32 Å². The number of rotatable bonds is 5. The zero-order chi connectivity index (χ0) is 12.1. The molecule has 0 heterocycles. The van der Waals surface area contributed by atoms with Gasteiger partial charge in [0.1, 0.15) is 5.75 Å². The van der Waals surface area contributed by atoms with Gasteiger partial charge in [0.2, 0.25) is 0 Å². The number of benzene rings is 1. The van der Waals surface area contributed by atoms with Crippen LogP contribution in [0.3, 0.4) is 0 Å². The lowest BCUT2D eigenvalue weighted by Crippen LogP contribution is -2.26. The summed E-state index contributed by atoms with van der Waals surface area (Å²) in [7, 11) is 3.57. The maximum Gasteiger partial charge on any atom is 0.123 e. The maximum atomic E-state index is 6.00. The minimum atomic E-state index is 0.126. The van der Waals surface area contributed by atoms with Gasteiger partial charge in [-0.3, -0.25) is 0 Å². The van der Waals surface area contributed by atoms with Crippen LogP contribution in [0.5, 0.6) is 5.75 Å². The quantitative estimate of drug-likeness (QED) is 0.833. The van der Waals surface area contributed by atoms with Crippen molar-refractivity contribution in [3.63, 3.8) is 0 Å². The fraction of sp³-hybridized carbons (Fsp3) is 0.500. The van der Waals surface area contributed by atoms with E-state index in [0.29, 0.717) is 5.02 Å². The minimum absolute atomic E-state index is 0.126. The highest BCUT2D eigenvalue weighted by Gasteiger charge is 2.16. The first-order chi connectivity index (χ1) is 7.58. The molecule has 0 saturated carbocycles. The normalized spacial score (nSPS) is 14.6. The second-order valence-electron chi connectivity index (χ2n) is 3.94. The molecule has 0 radical (unpaired) electrons. The molecule has 0 spiro atoms. The average molecular weight is 243 g/mol. The second-order valence-corrected chi connectivity index (χ2v) is 4.38. The van der Waals surface area contributed by atoms with E-state index < -0.39 is 0 Å². The molecule has 0 fully saturated rings. The summed E-state index contributed by atoms with van der Waals surface area (Å²) in [5, 5.41) is 3.94. The van der Waals surface area contributed by atoms with Crippen LogP contribution in [0.4, 0.5) is 0 Å². The van der Waals surface area contributed by atoms with Gasteiger partial charge in [-0.05, 0) is 38.6 Å². The first-order valence-electron chi connectivity index (χ1n) is 5.34. The molecular formula is C12H19ClN2O. The number of hydrogen-bond acceptors (Lipinski definition) is 3.